The largest absolute Gasteiger partial charge is 0.408 e. The first-order chi connectivity index (χ1) is 12.4. The Morgan fingerprint density at radius 3 is 2.72 bits per heavy atom. The van der Waals surface area contributed by atoms with Crippen molar-refractivity contribution in [1.29, 1.82) is 0 Å². The minimum absolute atomic E-state index is 0.537. The topological polar surface area (TPSA) is 45.4 Å². The maximum atomic E-state index is 5.94. The molecular formula is C20H26N4O. The molecule has 1 aromatic heterocycles. The summed E-state index contributed by atoms with van der Waals surface area (Å²) in [6, 6.07) is 12.3. The molecule has 0 amide bonds. The predicted molar refractivity (Wildman–Crippen MR) is 96.5 cm³/mol. The molecule has 3 fully saturated rings. The standard InChI is InChI=1S/C20H26N4O/c1-2-5-15(6-3-1)13-23-11-4-7-17-14-24(12-10-18(17)23)20-22-21-19(25-20)16-8-9-16/h1-3,5-6,16-18H,4,7-14H2/t17-,18+/m0/s1. The van der Waals surface area contributed by atoms with E-state index >= 15 is 0 Å². The molecule has 0 radical (unpaired) electrons. The number of likely N-dealkylation sites (tertiary alicyclic amines) is 1. The van der Waals surface area contributed by atoms with Gasteiger partial charge in [0.2, 0.25) is 5.89 Å². The van der Waals surface area contributed by atoms with E-state index in [-0.39, 0.29) is 0 Å². The van der Waals surface area contributed by atoms with Crippen LogP contribution in [0.15, 0.2) is 34.7 Å². The molecule has 3 heterocycles. The maximum Gasteiger partial charge on any atom is 0.318 e. The second-order valence-corrected chi connectivity index (χ2v) is 7.86. The second kappa shape index (κ2) is 6.45. The van der Waals surface area contributed by atoms with Crippen LogP contribution in [0, 0.1) is 5.92 Å². The molecular weight excluding hydrogens is 312 g/mol. The van der Waals surface area contributed by atoms with E-state index in [0.29, 0.717) is 17.9 Å². The van der Waals surface area contributed by atoms with Crippen molar-refractivity contribution in [3.8, 4) is 0 Å². The van der Waals surface area contributed by atoms with Crippen LogP contribution in [0.1, 0.15) is 49.5 Å². The van der Waals surface area contributed by atoms with Gasteiger partial charge in [-0.1, -0.05) is 35.4 Å². The Kier molecular flexibility index (Phi) is 3.97. The molecule has 1 aliphatic carbocycles. The summed E-state index contributed by atoms with van der Waals surface area (Å²) < 4.78 is 5.94. The molecule has 1 saturated carbocycles. The molecule has 3 aliphatic rings. The number of hydrogen-bond donors (Lipinski definition) is 0. The molecule has 2 aromatic rings. The lowest BCUT2D eigenvalue weighted by molar-refractivity contribution is 0.0690. The molecule has 2 aliphatic heterocycles. The average molecular weight is 338 g/mol. The van der Waals surface area contributed by atoms with Crippen LogP contribution in [0.5, 0.6) is 0 Å². The fourth-order valence-corrected chi connectivity index (χ4v) is 4.54. The average Bonchev–Trinajstić information content (AvgIpc) is 3.39. The van der Waals surface area contributed by atoms with Crippen LogP contribution in [0.25, 0.3) is 0 Å². The lowest BCUT2D eigenvalue weighted by Crippen LogP contribution is -2.53. The van der Waals surface area contributed by atoms with Crippen LogP contribution < -0.4 is 4.90 Å². The van der Waals surface area contributed by atoms with Crippen molar-refractivity contribution in [3.05, 3.63) is 41.8 Å². The van der Waals surface area contributed by atoms with Crippen molar-refractivity contribution in [2.75, 3.05) is 24.5 Å². The van der Waals surface area contributed by atoms with E-state index in [9.17, 15) is 0 Å². The van der Waals surface area contributed by atoms with E-state index in [1.807, 2.05) is 0 Å². The molecule has 0 bridgehead atoms. The highest BCUT2D eigenvalue weighted by Crippen LogP contribution is 2.40. The quantitative estimate of drug-likeness (QED) is 0.854. The Morgan fingerprint density at radius 2 is 1.88 bits per heavy atom. The second-order valence-electron chi connectivity index (χ2n) is 7.86. The summed E-state index contributed by atoms with van der Waals surface area (Å²) >= 11 is 0. The zero-order valence-corrected chi connectivity index (χ0v) is 14.7. The molecule has 0 unspecified atom stereocenters. The van der Waals surface area contributed by atoms with Crippen LogP contribution in [0.4, 0.5) is 6.01 Å². The number of anilines is 1. The van der Waals surface area contributed by atoms with Crippen molar-refractivity contribution < 1.29 is 4.42 Å². The fraction of sp³-hybridized carbons (Fsp3) is 0.600. The number of aromatic nitrogens is 2. The van der Waals surface area contributed by atoms with Gasteiger partial charge in [-0.2, -0.15) is 0 Å². The first kappa shape index (κ1) is 15.4. The zero-order valence-electron chi connectivity index (χ0n) is 14.7. The Balaban J connectivity index is 1.26. The van der Waals surface area contributed by atoms with Crippen molar-refractivity contribution in [1.82, 2.24) is 15.1 Å². The highest BCUT2D eigenvalue weighted by molar-refractivity contribution is 5.27. The molecule has 25 heavy (non-hydrogen) atoms. The first-order valence-electron chi connectivity index (χ1n) is 9.73. The molecule has 5 rings (SSSR count). The van der Waals surface area contributed by atoms with Crippen LogP contribution in [0.3, 0.4) is 0 Å². The van der Waals surface area contributed by atoms with E-state index in [0.717, 1.165) is 31.5 Å². The van der Waals surface area contributed by atoms with Gasteiger partial charge in [0.05, 0.1) is 0 Å². The van der Waals surface area contributed by atoms with Crippen LogP contribution in [-0.2, 0) is 6.54 Å². The lowest BCUT2D eigenvalue weighted by atomic mass is 9.83. The summed E-state index contributed by atoms with van der Waals surface area (Å²) in [6.45, 7) is 4.39. The molecule has 2 atom stereocenters. The Labute approximate surface area is 149 Å². The van der Waals surface area contributed by atoms with Gasteiger partial charge in [0, 0.05) is 31.6 Å². The summed E-state index contributed by atoms with van der Waals surface area (Å²) in [5.74, 6) is 2.10. The summed E-state index contributed by atoms with van der Waals surface area (Å²) in [4.78, 5) is 5.02. The van der Waals surface area contributed by atoms with E-state index in [1.54, 1.807) is 0 Å². The van der Waals surface area contributed by atoms with E-state index in [1.165, 1.54) is 44.2 Å². The molecule has 5 heteroatoms. The smallest absolute Gasteiger partial charge is 0.318 e. The third kappa shape index (κ3) is 3.17. The molecule has 1 aromatic carbocycles. The van der Waals surface area contributed by atoms with Gasteiger partial charge in [-0.15, -0.1) is 5.10 Å². The predicted octanol–water partition coefficient (Wildman–Crippen LogP) is 3.44. The van der Waals surface area contributed by atoms with E-state index in [4.69, 9.17) is 4.42 Å². The SMILES string of the molecule is c1ccc(CN2CCC[C@H]3CN(c4nnc(C5CC5)o4)CC[C@H]32)cc1. The molecule has 132 valence electrons. The fourth-order valence-electron chi connectivity index (χ4n) is 4.54. The summed E-state index contributed by atoms with van der Waals surface area (Å²) in [5.41, 5.74) is 1.43. The summed E-state index contributed by atoms with van der Waals surface area (Å²) in [5, 5.41) is 8.58. The van der Waals surface area contributed by atoms with Gasteiger partial charge in [0.15, 0.2) is 0 Å². The number of piperidine rings is 2. The van der Waals surface area contributed by atoms with Crippen LogP contribution in [-0.4, -0.2) is 40.8 Å². The van der Waals surface area contributed by atoms with Gasteiger partial charge < -0.3 is 9.32 Å². The van der Waals surface area contributed by atoms with Crippen molar-refractivity contribution in [2.24, 2.45) is 5.92 Å². The molecule has 0 spiro atoms. The molecule has 5 nitrogen and oxygen atoms in total. The molecule has 2 saturated heterocycles. The lowest BCUT2D eigenvalue weighted by Gasteiger charge is -2.47. The van der Waals surface area contributed by atoms with Crippen molar-refractivity contribution in [3.63, 3.8) is 0 Å². The van der Waals surface area contributed by atoms with Crippen LogP contribution >= 0.6 is 0 Å². The Bertz CT molecular complexity index is 711. The highest BCUT2D eigenvalue weighted by Gasteiger charge is 2.38. The Hall–Kier alpha value is -1.88. The summed E-state index contributed by atoms with van der Waals surface area (Å²) in [6.07, 6.45) is 6.22. The van der Waals surface area contributed by atoms with Crippen molar-refractivity contribution in [2.45, 2.75) is 50.6 Å². The third-order valence-corrected chi connectivity index (χ3v) is 6.04. The zero-order chi connectivity index (χ0) is 16.6. The van der Waals surface area contributed by atoms with Gasteiger partial charge in [-0.05, 0) is 50.1 Å². The van der Waals surface area contributed by atoms with Gasteiger partial charge in [0.25, 0.3) is 0 Å². The summed E-state index contributed by atoms with van der Waals surface area (Å²) in [7, 11) is 0. The number of benzene rings is 1. The molecule has 0 N–H and O–H groups in total. The Morgan fingerprint density at radius 1 is 1.00 bits per heavy atom. The van der Waals surface area contributed by atoms with Crippen molar-refractivity contribution >= 4 is 6.01 Å². The number of fused-ring (bicyclic) bond motifs is 1. The van der Waals surface area contributed by atoms with Gasteiger partial charge in [0.1, 0.15) is 0 Å². The van der Waals surface area contributed by atoms with Gasteiger partial charge >= 0.3 is 6.01 Å². The minimum atomic E-state index is 0.537. The minimum Gasteiger partial charge on any atom is -0.408 e. The first-order valence-corrected chi connectivity index (χ1v) is 9.73. The third-order valence-electron chi connectivity index (χ3n) is 6.04. The number of hydrogen-bond acceptors (Lipinski definition) is 5. The number of nitrogens with zero attached hydrogens (tertiary/aromatic N) is 4. The monoisotopic (exact) mass is 338 g/mol. The highest BCUT2D eigenvalue weighted by atomic mass is 16.4. The normalized spacial score (nSPS) is 27.3. The van der Waals surface area contributed by atoms with Crippen LogP contribution in [0.2, 0.25) is 0 Å². The maximum absolute atomic E-state index is 5.94. The van der Waals surface area contributed by atoms with Gasteiger partial charge in [-0.3, -0.25) is 4.90 Å². The van der Waals surface area contributed by atoms with Gasteiger partial charge in [-0.25, -0.2) is 0 Å². The number of rotatable bonds is 4. The van der Waals surface area contributed by atoms with E-state index < -0.39 is 0 Å². The van der Waals surface area contributed by atoms with E-state index in [2.05, 4.69) is 50.3 Å².